The standard InChI is InChI=1S/C13H19ClN2O/c1-10-12(14)4-3-5-13(10)16-6-7-17-11(9-16)8-15-2/h3-5,11,15H,6-9H2,1-2H3. The third-order valence-electron chi connectivity index (χ3n) is 3.15. The summed E-state index contributed by atoms with van der Waals surface area (Å²) in [5.41, 5.74) is 2.38. The van der Waals surface area contributed by atoms with E-state index in [0.29, 0.717) is 0 Å². The molecule has 1 aliphatic rings. The van der Waals surface area contributed by atoms with Crippen LogP contribution in [0.2, 0.25) is 5.02 Å². The van der Waals surface area contributed by atoms with Gasteiger partial charge in [-0.3, -0.25) is 0 Å². The average Bonchev–Trinajstić information content (AvgIpc) is 2.33. The van der Waals surface area contributed by atoms with Crippen molar-refractivity contribution in [1.82, 2.24) is 5.32 Å². The molecule has 1 heterocycles. The van der Waals surface area contributed by atoms with Crippen molar-refractivity contribution in [3.8, 4) is 0 Å². The van der Waals surface area contributed by atoms with Gasteiger partial charge in [-0.05, 0) is 31.7 Å². The molecule has 0 amide bonds. The Kier molecular flexibility index (Phi) is 4.26. The van der Waals surface area contributed by atoms with Gasteiger partial charge in [-0.2, -0.15) is 0 Å². The quantitative estimate of drug-likeness (QED) is 0.894. The second-order valence-corrected chi connectivity index (χ2v) is 4.79. The molecule has 1 saturated heterocycles. The summed E-state index contributed by atoms with van der Waals surface area (Å²) in [6.07, 6.45) is 0.257. The van der Waals surface area contributed by atoms with E-state index in [4.69, 9.17) is 16.3 Å². The van der Waals surface area contributed by atoms with Crippen LogP contribution in [0, 0.1) is 6.92 Å². The van der Waals surface area contributed by atoms with Crippen molar-refractivity contribution in [1.29, 1.82) is 0 Å². The highest BCUT2D eigenvalue weighted by molar-refractivity contribution is 6.31. The van der Waals surface area contributed by atoms with Gasteiger partial charge in [0.05, 0.1) is 12.7 Å². The Morgan fingerprint density at radius 3 is 3.12 bits per heavy atom. The lowest BCUT2D eigenvalue weighted by molar-refractivity contribution is 0.0421. The van der Waals surface area contributed by atoms with Crippen molar-refractivity contribution in [2.45, 2.75) is 13.0 Å². The lowest BCUT2D eigenvalue weighted by atomic mass is 10.1. The van der Waals surface area contributed by atoms with Gasteiger partial charge in [0.1, 0.15) is 0 Å². The van der Waals surface area contributed by atoms with Crippen LogP contribution in [0.25, 0.3) is 0 Å². The van der Waals surface area contributed by atoms with Crippen molar-refractivity contribution in [3.05, 3.63) is 28.8 Å². The van der Waals surface area contributed by atoms with Crippen LogP contribution in [0.5, 0.6) is 0 Å². The number of rotatable bonds is 3. The number of likely N-dealkylation sites (N-methyl/N-ethyl adjacent to an activating group) is 1. The molecule has 1 fully saturated rings. The predicted octanol–water partition coefficient (Wildman–Crippen LogP) is 2.07. The number of nitrogens with one attached hydrogen (secondary N) is 1. The summed E-state index contributed by atoms with van der Waals surface area (Å²) in [7, 11) is 1.95. The summed E-state index contributed by atoms with van der Waals surface area (Å²) >= 11 is 6.16. The molecule has 0 bridgehead atoms. The minimum absolute atomic E-state index is 0.257. The molecule has 2 rings (SSSR count). The first kappa shape index (κ1) is 12.7. The molecule has 94 valence electrons. The van der Waals surface area contributed by atoms with Gasteiger partial charge in [0, 0.05) is 30.3 Å². The molecule has 0 saturated carbocycles. The first-order valence-corrected chi connectivity index (χ1v) is 6.36. The normalized spacial score (nSPS) is 20.6. The number of anilines is 1. The van der Waals surface area contributed by atoms with Crippen LogP contribution >= 0.6 is 11.6 Å². The molecule has 1 unspecified atom stereocenters. The predicted molar refractivity (Wildman–Crippen MR) is 72.1 cm³/mol. The van der Waals surface area contributed by atoms with Gasteiger partial charge in [-0.15, -0.1) is 0 Å². The molecule has 0 spiro atoms. The topological polar surface area (TPSA) is 24.5 Å². The first-order valence-electron chi connectivity index (χ1n) is 5.98. The number of nitrogens with zero attached hydrogens (tertiary/aromatic N) is 1. The second-order valence-electron chi connectivity index (χ2n) is 4.38. The lowest BCUT2D eigenvalue weighted by Gasteiger charge is -2.35. The number of hydrogen-bond acceptors (Lipinski definition) is 3. The number of hydrogen-bond donors (Lipinski definition) is 1. The number of ether oxygens (including phenoxy) is 1. The van der Waals surface area contributed by atoms with Crippen molar-refractivity contribution in [3.63, 3.8) is 0 Å². The summed E-state index contributed by atoms with van der Waals surface area (Å²) in [6, 6.07) is 6.07. The Bertz CT molecular complexity index is 382. The van der Waals surface area contributed by atoms with Crippen LogP contribution in [-0.4, -0.2) is 39.4 Å². The monoisotopic (exact) mass is 254 g/mol. The van der Waals surface area contributed by atoms with Gasteiger partial charge in [0.15, 0.2) is 0 Å². The summed E-state index contributed by atoms with van der Waals surface area (Å²) in [6.45, 7) is 5.58. The summed E-state index contributed by atoms with van der Waals surface area (Å²) in [5, 5.41) is 3.99. The van der Waals surface area contributed by atoms with Crippen LogP contribution < -0.4 is 10.2 Å². The minimum atomic E-state index is 0.257. The zero-order valence-corrected chi connectivity index (χ0v) is 11.1. The van der Waals surface area contributed by atoms with Crippen LogP contribution in [0.1, 0.15) is 5.56 Å². The fraction of sp³-hybridized carbons (Fsp3) is 0.538. The zero-order valence-electron chi connectivity index (χ0n) is 10.4. The van der Waals surface area contributed by atoms with Crippen LogP contribution in [-0.2, 0) is 4.74 Å². The summed E-state index contributed by atoms with van der Waals surface area (Å²) < 4.78 is 5.70. The van der Waals surface area contributed by atoms with Gasteiger partial charge >= 0.3 is 0 Å². The number of morpholine rings is 1. The Labute approximate surface area is 108 Å². The van der Waals surface area contributed by atoms with E-state index in [1.54, 1.807) is 0 Å². The maximum absolute atomic E-state index is 6.16. The van der Waals surface area contributed by atoms with E-state index < -0.39 is 0 Å². The molecular formula is C13H19ClN2O. The fourth-order valence-corrected chi connectivity index (χ4v) is 2.40. The molecule has 1 N–H and O–H groups in total. The van der Waals surface area contributed by atoms with Crippen LogP contribution in [0.3, 0.4) is 0 Å². The Morgan fingerprint density at radius 1 is 1.53 bits per heavy atom. The first-order chi connectivity index (χ1) is 8.22. The fourth-order valence-electron chi connectivity index (χ4n) is 2.23. The average molecular weight is 255 g/mol. The van der Waals surface area contributed by atoms with Crippen LogP contribution in [0.4, 0.5) is 5.69 Å². The van der Waals surface area contributed by atoms with Crippen molar-refractivity contribution < 1.29 is 4.74 Å². The minimum Gasteiger partial charge on any atom is -0.373 e. The summed E-state index contributed by atoms with van der Waals surface area (Å²) in [5.74, 6) is 0. The Morgan fingerprint density at radius 2 is 2.35 bits per heavy atom. The Balaban J connectivity index is 2.13. The van der Waals surface area contributed by atoms with Gasteiger partial charge in [0.25, 0.3) is 0 Å². The van der Waals surface area contributed by atoms with E-state index in [2.05, 4.69) is 23.2 Å². The van der Waals surface area contributed by atoms with E-state index in [0.717, 1.165) is 36.8 Å². The van der Waals surface area contributed by atoms with E-state index >= 15 is 0 Å². The van der Waals surface area contributed by atoms with Crippen LogP contribution in [0.15, 0.2) is 18.2 Å². The third kappa shape index (κ3) is 2.92. The second kappa shape index (κ2) is 5.71. The van der Waals surface area contributed by atoms with Gasteiger partial charge < -0.3 is 15.0 Å². The van der Waals surface area contributed by atoms with E-state index in [9.17, 15) is 0 Å². The summed E-state index contributed by atoms with van der Waals surface area (Å²) in [4.78, 5) is 2.35. The zero-order chi connectivity index (χ0) is 12.3. The highest BCUT2D eigenvalue weighted by atomic mass is 35.5. The highest BCUT2D eigenvalue weighted by Crippen LogP contribution is 2.27. The molecule has 1 atom stereocenters. The van der Waals surface area contributed by atoms with Crippen molar-refractivity contribution in [2.75, 3.05) is 38.2 Å². The molecular weight excluding hydrogens is 236 g/mol. The number of halogens is 1. The maximum Gasteiger partial charge on any atom is 0.0874 e. The van der Waals surface area contributed by atoms with Gasteiger partial charge in [-0.1, -0.05) is 17.7 Å². The van der Waals surface area contributed by atoms with Gasteiger partial charge in [0.2, 0.25) is 0 Å². The van der Waals surface area contributed by atoms with Crippen molar-refractivity contribution >= 4 is 17.3 Å². The largest absolute Gasteiger partial charge is 0.373 e. The molecule has 0 aliphatic carbocycles. The molecule has 3 nitrogen and oxygen atoms in total. The molecule has 4 heteroatoms. The smallest absolute Gasteiger partial charge is 0.0874 e. The molecule has 0 radical (unpaired) electrons. The maximum atomic E-state index is 6.16. The molecule has 1 aromatic carbocycles. The van der Waals surface area contributed by atoms with Crippen molar-refractivity contribution in [2.24, 2.45) is 0 Å². The van der Waals surface area contributed by atoms with E-state index in [1.165, 1.54) is 5.69 Å². The highest BCUT2D eigenvalue weighted by Gasteiger charge is 2.21. The number of benzene rings is 1. The molecule has 1 aliphatic heterocycles. The molecule has 1 aromatic rings. The molecule has 17 heavy (non-hydrogen) atoms. The van der Waals surface area contributed by atoms with Gasteiger partial charge in [-0.25, -0.2) is 0 Å². The van der Waals surface area contributed by atoms with E-state index in [1.807, 2.05) is 19.2 Å². The molecule has 0 aromatic heterocycles. The SMILES string of the molecule is CNCC1CN(c2cccc(Cl)c2C)CCO1. The lowest BCUT2D eigenvalue weighted by Crippen LogP contribution is -2.46. The third-order valence-corrected chi connectivity index (χ3v) is 3.56. The Hall–Kier alpha value is -0.770. The van der Waals surface area contributed by atoms with E-state index in [-0.39, 0.29) is 6.10 Å².